The molecule has 3 aromatic rings. The van der Waals surface area contributed by atoms with Crippen molar-refractivity contribution in [3.05, 3.63) is 42.5 Å². The lowest BCUT2D eigenvalue weighted by Crippen LogP contribution is -2.43. The Hall–Kier alpha value is -2.87. The summed E-state index contributed by atoms with van der Waals surface area (Å²) < 4.78 is 1.90. The molecule has 0 bridgehead atoms. The van der Waals surface area contributed by atoms with Crippen LogP contribution < -0.4 is 0 Å². The molecule has 5 heterocycles. The number of likely N-dealkylation sites (tertiary alicyclic amines) is 2. The zero-order valence-electron chi connectivity index (χ0n) is 17.2. The Morgan fingerprint density at radius 3 is 2.70 bits per heavy atom. The SMILES string of the molecule is O=C1CCCCN1CCN1CCC(c2nnc3ccc(-c4cccnc4)nn23)CC1. The molecular formula is C22H27N7O. The second-order valence-electron chi connectivity index (χ2n) is 8.24. The van der Waals surface area contributed by atoms with Crippen LogP contribution in [0.5, 0.6) is 0 Å². The molecule has 0 spiro atoms. The predicted octanol–water partition coefficient (Wildman–Crippen LogP) is 2.38. The largest absolute Gasteiger partial charge is 0.341 e. The van der Waals surface area contributed by atoms with Gasteiger partial charge in [-0.25, -0.2) is 0 Å². The molecule has 0 saturated carbocycles. The molecular weight excluding hydrogens is 378 g/mol. The zero-order valence-corrected chi connectivity index (χ0v) is 17.2. The number of nitrogens with zero attached hydrogens (tertiary/aromatic N) is 7. The number of fused-ring (bicyclic) bond motifs is 1. The van der Waals surface area contributed by atoms with E-state index in [4.69, 9.17) is 5.10 Å². The number of carbonyl (C=O) groups is 1. The molecule has 2 aliphatic rings. The van der Waals surface area contributed by atoms with Crippen molar-refractivity contribution in [1.82, 2.24) is 34.6 Å². The number of rotatable bonds is 5. The maximum Gasteiger partial charge on any atom is 0.222 e. The summed E-state index contributed by atoms with van der Waals surface area (Å²) in [7, 11) is 0. The van der Waals surface area contributed by atoms with Crippen molar-refractivity contribution in [1.29, 1.82) is 0 Å². The highest BCUT2D eigenvalue weighted by molar-refractivity contribution is 5.76. The van der Waals surface area contributed by atoms with Gasteiger partial charge in [-0.2, -0.15) is 9.61 Å². The fraction of sp³-hybridized carbons (Fsp3) is 0.500. The van der Waals surface area contributed by atoms with Gasteiger partial charge in [-0.15, -0.1) is 10.2 Å². The lowest BCUT2D eigenvalue weighted by atomic mass is 9.96. The van der Waals surface area contributed by atoms with Gasteiger partial charge in [0.15, 0.2) is 11.5 Å². The van der Waals surface area contributed by atoms with Gasteiger partial charge < -0.3 is 9.80 Å². The Balaban J connectivity index is 1.24. The summed E-state index contributed by atoms with van der Waals surface area (Å²) in [5.41, 5.74) is 2.64. The molecule has 2 fully saturated rings. The minimum Gasteiger partial charge on any atom is -0.341 e. The van der Waals surface area contributed by atoms with E-state index in [2.05, 4.69) is 20.1 Å². The normalized spacial score (nSPS) is 18.9. The first kappa shape index (κ1) is 19.1. The average Bonchev–Trinajstić information content (AvgIpc) is 3.23. The first-order valence-electron chi connectivity index (χ1n) is 10.9. The van der Waals surface area contributed by atoms with Crippen molar-refractivity contribution in [2.45, 2.75) is 38.0 Å². The minimum atomic E-state index is 0.321. The van der Waals surface area contributed by atoms with Gasteiger partial charge in [0.1, 0.15) is 0 Å². The van der Waals surface area contributed by atoms with Crippen LogP contribution in [0.2, 0.25) is 0 Å². The predicted molar refractivity (Wildman–Crippen MR) is 113 cm³/mol. The number of hydrogen-bond donors (Lipinski definition) is 0. The Morgan fingerprint density at radius 1 is 1.00 bits per heavy atom. The topological polar surface area (TPSA) is 79.5 Å². The Kier molecular flexibility index (Phi) is 5.40. The van der Waals surface area contributed by atoms with Crippen molar-refractivity contribution in [2.24, 2.45) is 0 Å². The van der Waals surface area contributed by atoms with Gasteiger partial charge in [-0.05, 0) is 63.0 Å². The van der Waals surface area contributed by atoms with Crippen LogP contribution in [-0.4, -0.2) is 73.2 Å². The summed E-state index contributed by atoms with van der Waals surface area (Å²) in [4.78, 5) is 20.7. The van der Waals surface area contributed by atoms with Gasteiger partial charge in [-0.1, -0.05) is 0 Å². The van der Waals surface area contributed by atoms with E-state index in [0.29, 0.717) is 11.8 Å². The van der Waals surface area contributed by atoms with E-state index >= 15 is 0 Å². The fourth-order valence-electron chi connectivity index (χ4n) is 4.50. The van der Waals surface area contributed by atoms with Crippen LogP contribution in [0.4, 0.5) is 0 Å². The highest BCUT2D eigenvalue weighted by Gasteiger charge is 2.26. The average molecular weight is 406 g/mol. The number of piperidine rings is 2. The smallest absolute Gasteiger partial charge is 0.222 e. The van der Waals surface area contributed by atoms with Crippen LogP contribution in [0.25, 0.3) is 16.9 Å². The first-order valence-corrected chi connectivity index (χ1v) is 10.9. The van der Waals surface area contributed by atoms with Gasteiger partial charge in [-0.3, -0.25) is 9.78 Å². The molecule has 0 aliphatic carbocycles. The summed E-state index contributed by atoms with van der Waals surface area (Å²) in [5.74, 6) is 1.62. The minimum absolute atomic E-state index is 0.321. The molecule has 0 N–H and O–H groups in total. The van der Waals surface area contributed by atoms with Crippen molar-refractivity contribution in [3.8, 4) is 11.3 Å². The molecule has 8 heteroatoms. The summed E-state index contributed by atoms with van der Waals surface area (Å²) in [5, 5.41) is 13.6. The van der Waals surface area contributed by atoms with Crippen LogP contribution >= 0.6 is 0 Å². The molecule has 8 nitrogen and oxygen atoms in total. The van der Waals surface area contributed by atoms with Gasteiger partial charge in [0.05, 0.1) is 5.69 Å². The molecule has 1 amide bonds. The Morgan fingerprint density at radius 2 is 1.90 bits per heavy atom. The highest BCUT2D eigenvalue weighted by Crippen LogP contribution is 2.27. The standard InChI is InChI=1S/C22H27N7O/c30-21-5-1-2-11-28(21)15-14-27-12-8-17(9-13-27)22-25-24-20-7-6-19(26-29(20)22)18-4-3-10-23-16-18/h3-4,6-7,10,16-17H,1-2,5,8-9,11-15H2. The molecule has 3 aromatic heterocycles. The molecule has 2 saturated heterocycles. The van der Waals surface area contributed by atoms with E-state index in [1.807, 2.05) is 39.9 Å². The number of aromatic nitrogens is 5. The van der Waals surface area contributed by atoms with Crippen LogP contribution in [0, 0.1) is 0 Å². The molecule has 5 rings (SSSR count). The van der Waals surface area contributed by atoms with Crippen LogP contribution in [-0.2, 0) is 4.79 Å². The van der Waals surface area contributed by atoms with E-state index in [1.54, 1.807) is 6.20 Å². The maximum absolute atomic E-state index is 12.0. The van der Waals surface area contributed by atoms with Gasteiger partial charge in [0.25, 0.3) is 0 Å². The monoisotopic (exact) mass is 405 g/mol. The van der Waals surface area contributed by atoms with Gasteiger partial charge in [0.2, 0.25) is 5.91 Å². The third-order valence-corrected chi connectivity index (χ3v) is 6.30. The molecule has 0 atom stereocenters. The summed E-state index contributed by atoms with van der Waals surface area (Å²) in [6, 6.07) is 7.87. The lowest BCUT2D eigenvalue weighted by molar-refractivity contribution is -0.133. The molecule has 0 aromatic carbocycles. The number of carbonyl (C=O) groups excluding carboxylic acids is 1. The van der Waals surface area contributed by atoms with Crippen molar-refractivity contribution >= 4 is 11.6 Å². The molecule has 0 unspecified atom stereocenters. The quantitative estimate of drug-likeness (QED) is 0.648. The second-order valence-corrected chi connectivity index (χ2v) is 8.24. The lowest BCUT2D eigenvalue weighted by Gasteiger charge is -2.34. The van der Waals surface area contributed by atoms with E-state index in [1.165, 1.54) is 0 Å². The highest BCUT2D eigenvalue weighted by atomic mass is 16.2. The summed E-state index contributed by atoms with van der Waals surface area (Å²) >= 11 is 0. The molecule has 156 valence electrons. The molecule has 2 aliphatic heterocycles. The Labute approximate surface area is 175 Å². The van der Waals surface area contributed by atoms with E-state index in [0.717, 1.165) is 87.6 Å². The van der Waals surface area contributed by atoms with Crippen LogP contribution in [0.3, 0.4) is 0 Å². The third kappa shape index (κ3) is 3.92. The van der Waals surface area contributed by atoms with Crippen LogP contribution in [0.1, 0.15) is 43.8 Å². The molecule has 0 radical (unpaired) electrons. The summed E-state index contributed by atoms with van der Waals surface area (Å²) in [6.45, 7) is 4.77. The summed E-state index contributed by atoms with van der Waals surface area (Å²) in [6.07, 6.45) is 8.56. The number of amides is 1. The number of pyridine rings is 1. The van der Waals surface area contributed by atoms with E-state index in [9.17, 15) is 4.79 Å². The maximum atomic E-state index is 12.0. The third-order valence-electron chi connectivity index (χ3n) is 6.30. The fourth-order valence-corrected chi connectivity index (χ4v) is 4.50. The number of hydrogen-bond acceptors (Lipinski definition) is 6. The second kappa shape index (κ2) is 8.47. The van der Waals surface area contributed by atoms with Crippen molar-refractivity contribution in [2.75, 3.05) is 32.7 Å². The molecule has 30 heavy (non-hydrogen) atoms. The van der Waals surface area contributed by atoms with E-state index < -0.39 is 0 Å². The first-order chi connectivity index (χ1) is 14.8. The van der Waals surface area contributed by atoms with Crippen molar-refractivity contribution in [3.63, 3.8) is 0 Å². The Bertz CT molecular complexity index is 1010. The van der Waals surface area contributed by atoms with E-state index in [-0.39, 0.29) is 0 Å². The van der Waals surface area contributed by atoms with Gasteiger partial charge >= 0.3 is 0 Å². The zero-order chi connectivity index (χ0) is 20.3. The van der Waals surface area contributed by atoms with Gasteiger partial charge in [0, 0.05) is 49.9 Å². The van der Waals surface area contributed by atoms with Crippen LogP contribution in [0.15, 0.2) is 36.7 Å². The van der Waals surface area contributed by atoms with Crippen molar-refractivity contribution < 1.29 is 4.79 Å².